The molecular formula is C21H17N5O2. The Labute approximate surface area is 161 Å². The monoisotopic (exact) mass is 371 g/mol. The topological polar surface area (TPSA) is 92.3 Å². The van der Waals surface area contributed by atoms with Gasteiger partial charge in [-0.2, -0.15) is 10.2 Å². The Balaban J connectivity index is 1.60. The van der Waals surface area contributed by atoms with E-state index in [1.807, 2.05) is 42.5 Å². The van der Waals surface area contributed by atoms with Crippen molar-refractivity contribution >= 4 is 22.9 Å². The number of ether oxygens (including phenoxy) is 1. The first-order chi connectivity index (χ1) is 13.8. The van der Waals surface area contributed by atoms with Gasteiger partial charge in [0, 0.05) is 18.0 Å². The molecular weight excluding hydrogens is 354 g/mol. The van der Waals surface area contributed by atoms with Crippen LogP contribution in [0.4, 0.5) is 0 Å². The summed E-state index contributed by atoms with van der Waals surface area (Å²) in [5, 5.41) is 13.1. The Morgan fingerprint density at radius 2 is 2.07 bits per heavy atom. The van der Waals surface area contributed by atoms with Gasteiger partial charge in [0.1, 0.15) is 11.4 Å². The second-order valence-electron chi connectivity index (χ2n) is 6.02. The van der Waals surface area contributed by atoms with E-state index in [1.54, 1.807) is 31.6 Å². The standard InChI is InChI=1S/C21H17N5O2/c1-28-19-9-8-15-6-2-3-7-16(15)20(19)17-11-18(25-24-17)21(27)26-23-13-14-5-4-10-22-12-14/h2-13H,1H3,(H,24,25)(H,26,27)/b23-13+. The molecule has 2 aromatic heterocycles. The van der Waals surface area contributed by atoms with Crippen molar-refractivity contribution in [3.63, 3.8) is 0 Å². The Hall–Kier alpha value is -4.00. The molecule has 0 aliphatic heterocycles. The third-order valence-corrected chi connectivity index (χ3v) is 4.25. The lowest BCUT2D eigenvalue weighted by molar-refractivity contribution is 0.0950. The van der Waals surface area contributed by atoms with E-state index in [2.05, 4.69) is 25.7 Å². The third-order valence-electron chi connectivity index (χ3n) is 4.25. The first kappa shape index (κ1) is 17.4. The number of aromatic nitrogens is 3. The predicted molar refractivity (Wildman–Crippen MR) is 107 cm³/mol. The van der Waals surface area contributed by atoms with Crippen LogP contribution in [0.1, 0.15) is 16.1 Å². The average molecular weight is 371 g/mol. The van der Waals surface area contributed by atoms with Gasteiger partial charge in [0.05, 0.1) is 24.6 Å². The fraction of sp³-hybridized carbons (Fsp3) is 0.0476. The molecule has 0 aliphatic rings. The summed E-state index contributed by atoms with van der Waals surface area (Å²) in [6, 6.07) is 17.1. The average Bonchev–Trinajstić information content (AvgIpc) is 3.23. The molecule has 0 saturated carbocycles. The maximum absolute atomic E-state index is 12.4. The SMILES string of the molecule is COc1ccc2ccccc2c1-c1cc(C(=O)N/N=C/c2cccnc2)[nH]n1. The number of hydrogen-bond donors (Lipinski definition) is 2. The van der Waals surface area contributed by atoms with Crippen molar-refractivity contribution in [1.29, 1.82) is 0 Å². The maximum Gasteiger partial charge on any atom is 0.289 e. The van der Waals surface area contributed by atoms with Gasteiger partial charge in [-0.3, -0.25) is 14.9 Å². The molecule has 4 aromatic rings. The quantitative estimate of drug-likeness (QED) is 0.415. The molecule has 2 aromatic carbocycles. The second-order valence-corrected chi connectivity index (χ2v) is 6.02. The minimum absolute atomic E-state index is 0.299. The molecule has 2 N–H and O–H groups in total. The zero-order valence-corrected chi connectivity index (χ0v) is 15.1. The van der Waals surface area contributed by atoms with E-state index >= 15 is 0 Å². The summed E-state index contributed by atoms with van der Waals surface area (Å²) in [7, 11) is 1.61. The minimum atomic E-state index is -0.391. The number of benzene rings is 2. The number of nitrogens with one attached hydrogen (secondary N) is 2. The molecule has 0 unspecified atom stereocenters. The molecule has 0 bridgehead atoms. The van der Waals surface area contributed by atoms with Crippen molar-refractivity contribution < 1.29 is 9.53 Å². The summed E-state index contributed by atoms with van der Waals surface area (Å²) in [4.78, 5) is 16.3. The minimum Gasteiger partial charge on any atom is -0.496 e. The van der Waals surface area contributed by atoms with E-state index in [9.17, 15) is 4.79 Å². The molecule has 0 radical (unpaired) electrons. The van der Waals surface area contributed by atoms with E-state index in [1.165, 1.54) is 6.21 Å². The van der Waals surface area contributed by atoms with Crippen LogP contribution in [0.3, 0.4) is 0 Å². The van der Waals surface area contributed by atoms with Crippen LogP contribution in [-0.2, 0) is 0 Å². The summed E-state index contributed by atoms with van der Waals surface area (Å²) in [6.45, 7) is 0. The molecule has 28 heavy (non-hydrogen) atoms. The number of carbonyl (C=O) groups is 1. The number of fused-ring (bicyclic) bond motifs is 1. The van der Waals surface area contributed by atoms with Crippen molar-refractivity contribution in [2.75, 3.05) is 7.11 Å². The van der Waals surface area contributed by atoms with E-state index in [0.29, 0.717) is 17.1 Å². The predicted octanol–water partition coefficient (Wildman–Crippen LogP) is 3.40. The summed E-state index contributed by atoms with van der Waals surface area (Å²) in [5.41, 5.74) is 5.01. The molecule has 7 nitrogen and oxygen atoms in total. The molecule has 0 spiro atoms. The first-order valence-electron chi connectivity index (χ1n) is 8.61. The Kier molecular flexibility index (Phi) is 4.79. The zero-order valence-electron chi connectivity index (χ0n) is 15.1. The molecule has 0 aliphatic carbocycles. The molecule has 138 valence electrons. The molecule has 0 atom stereocenters. The fourth-order valence-electron chi connectivity index (χ4n) is 2.93. The van der Waals surface area contributed by atoms with Crippen molar-refractivity contribution in [3.05, 3.63) is 78.2 Å². The number of H-pyrrole nitrogens is 1. The highest BCUT2D eigenvalue weighted by atomic mass is 16.5. The number of aromatic amines is 1. The fourth-order valence-corrected chi connectivity index (χ4v) is 2.93. The molecule has 7 heteroatoms. The van der Waals surface area contributed by atoms with Gasteiger partial charge in [-0.05, 0) is 29.0 Å². The van der Waals surface area contributed by atoms with Gasteiger partial charge in [-0.15, -0.1) is 0 Å². The number of pyridine rings is 1. The van der Waals surface area contributed by atoms with Crippen LogP contribution in [-0.4, -0.2) is 34.4 Å². The Morgan fingerprint density at radius 3 is 2.89 bits per heavy atom. The van der Waals surface area contributed by atoms with Crippen molar-refractivity contribution in [3.8, 4) is 17.0 Å². The lowest BCUT2D eigenvalue weighted by Gasteiger charge is -2.09. The first-order valence-corrected chi connectivity index (χ1v) is 8.61. The van der Waals surface area contributed by atoms with Crippen LogP contribution in [0.5, 0.6) is 5.75 Å². The van der Waals surface area contributed by atoms with Gasteiger partial charge in [-0.1, -0.05) is 36.4 Å². The number of nitrogens with zero attached hydrogens (tertiary/aromatic N) is 3. The molecule has 0 saturated heterocycles. The van der Waals surface area contributed by atoms with E-state index < -0.39 is 5.91 Å². The summed E-state index contributed by atoms with van der Waals surface area (Å²) < 4.78 is 5.51. The van der Waals surface area contributed by atoms with Gasteiger partial charge in [0.15, 0.2) is 0 Å². The highest BCUT2D eigenvalue weighted by molar-refractivity contribution is 6.00. The number of hydrogen-bond acceptors (Lipinski definition) is 5. The largest absolute Gasteiger partial charge is 0.496 e. The van der Waals surface area contributed by atoms with Gasteiger partial charge >= 0.3 is 0 Å². The number of carbonyl (C=O) groups excluding carboxylic acids is 1. The van der Waals surface area contributed by atoms with Crippen LogP contribution < -0.4 is 10.2 Å². The zero-order chi connectivity index (χ0) is 19.3. The second kappa shape index (κ2) is 7.71. The lowest BCUT2D eigenvalue weighted by Crippen LogP contribution is -2.18. The van der Waals surface area contributed by atoms with Gasteiger partial charge < -0.3 is 4.74 Å². The lowest BCUT2D eigenvalue weighted by atomic mass is 10.0. The summed E-state index contributed by atoms with van der Waals surface area (Å²) >= 11 is 0. The van der Waals surface area contributed by atoms with Crippen LogP contribution in [0.25, 0.3) is 22.0 Å². The molecule has 1 amide bonds. The maximum atomic E-state index is 12.4. The van der Waals surface area contributed by atoms with Gasteiger partial charge in [0.2, 0.25) is 0 Å². The number of rotatable bonds is 5. The Bertz CT molecular complexity index is 1150. The smallest absolute Gasteiger partial charge is 0.289 e. The van der Waals surface area contributed by atoms with Crippen molar-refractivity contribution in [1.82, 2.24) is 20.6 Å². The highest BCUT2D eigenvalue weighted by Gasteiger charge is 2.16. The molecule has 2 heterocycles. The van der Waals surface area contributed by atoms with E-state index in [-0.39, 0.29) is 0 Å². The molecule has 0 fully saturated rings. The van der Waals surface area contributed by atoms with Crippen molar-refractivity contribution in [2.24, 2.45) is 5.10 Å². The van der Waals surface area contributed by atoms with Crippen LogP contribution in [0, 0.1) is 0 Å². The number of amides is 1. The molecule has 4 rings (SSSR count). The highest BCUT2D eigenvalue weighted by Crippen LogP contribution is 2.36. The van der Waals surface area contributed by atoms with Gasteiger partial charge in [0.25, 0.3) is 5.91 Å². The van der Waals surface area contributed by atoms with E-state index in [4.69, 9.17) is 4.74 Å². The Morgan fingerprint density at radius 1 is 1.18 bits per heavy atom. The third kappa shape index (κ3) is 3.45. The summed E-state index contributed by atoms with van der Waals surface area (Å²) in [5.74, 6) is 0.296. The normalized spacial score (nSPS) is 11.0. The van der Waals surface area contributed by atoms with E-state index in [0.717, 1.165) is 21.9 Å². The number of hydrazone groups is 1. The van der Waals surface area contributed by atoms with Crippen LogP contribution in [0.15, 0.2) is 72.1 Å². The summed E-state index contributed by atoms with van der Waals surface area (Å²) in [6.07, 6.45) is 4.84. The van der Waals surface area contributed by atoms with Crippen LogP contribution >= 0.6 is 0 Å². The van der Waals surface area contributed by atoms with Gasteiger partial charge in [-0.25, -0.2) is 5.43 Å². The van der Waals surface area contributed by atoms with Crippen molar-refractivity contribution in [2.45, 2.75) is 0 Å². The van der Waals surface area contributed by atoms with Crippen LogP contribution in [0.2, 0.25) is 0 Å². The number of methoxy groups -OCH3 is 1.